The third-order valence-corrected chi connectivity index (χ3v) is 6.55. The van der Waals surface area contributed by atoms with Crippen molar-refractivity contribution in [3.63, 3.8) is 0 Å². The van der Waals surface area contributed by atoms with Crippen molar-refractivity contribution in [1.29, 1.82) is 0 Å². The highest BCUT2D eigenvalue weighted by molar-refractivity contribution is 7.89. The molecule has 1 unspecified atom stereocenters. The molecule has 0 spiro atoms. The van der Waals surface area contributed by atoms with Crippen LogP contribution in [0.1, 0.15) is 47.0 Å². The average Bonchev–Trinajstić information content (AvgIpc) is 2.68. The molecule has 5 heteroatoms. The Balaban J connectivity index is 2.64. The number of hydrogen-bond acceptors (Lipinski definition) is 3. The monoisotopic (exact) mass is 289 g/mol. The van der Waals surface area contributed by atoms with Crippen LogP contribution in [-0.2, 0) is 14.8 Å². The van der Waals surface area contributed by atoms with E-state index in [1.165, 1.54) is 13.5 Å². The minimum Gasteiger partial charge on any atom is -0.274 e. The molecule has 0 radical (unpaired) electrons. The van der Waals surface area contributed by atoms with E-state index in [0.717, 1.165) is 17.1 Å². The molecule has 0 N–H and O–H groups in total. The van der Waals surface area contributed by atoms with E-state index in [-0.39, 0.29) is 17.6 Å². The zero-order valence-electron chi connectivity index (χ0n) is 12.7. The predicted octanol–water partition coefficient (Wildman–Crippen LogP) is 2.50. The number of carbonyl (C=O) groups excluding carboxylic acids is 1. The van der Waals surface area contributed by atoms with Crippen LogP contribution in [0.3, 0.4) is 0 Å². The lowest BCUT2D eigenvalue weighted by molar-refractivity contribution is -0.129. The van der Waals surface area contributed by atoms with Gasteiger partial charge in [0.05, 0.1) is 5.75 Å². The predicted molar refractivity (Wildman–Crippen MR) is 77.1 cm³/mol. The van der Waals surface area contributed by atoms with Gasteiger partial charge in [-0.3, -0.25) is 4.79 Å². The fourth-order valence-corrected chi connectivity index (χ4v) is 3.84. The standard InChI is InChI=1S/C14H27NO3S/c1-6-19(17,18)15(5)14(16)11(3)9-13-8-7-10(2)12(13)4/h10-13H,6-9H2,1-5H3/t10-,11?,12-,13-/m1/s1. The van der Waals surface area contributed by atoms with E-state index in [1.807, 2.05) is 6.92 Å². The van der Waals surface area contributed by atoms with Crippen molar-refractivity contribution in [3.8, 4) is 0 Å². The van der Waals surface area contributed by atoms with Gasteiger partial charge in [0, 0.05) is 13.0 Å². The van der Waals surface area contributed by atoms with Crippen LogP contribution in [-0.4, -0.2) is 31.4 Å². The van der Waals surface area contributed by atoms with Crippen LogP contribution < -0.4 is 0 Å². The maximum absolute atomic E-state index is 12.2. The van der Waals surface area contributed by atoms with Gasteiger partial charge in [0.15, 0.2) is 0 Å². The van der Waals surface area contributed by atoms with E-state index in [9.17, 15) is 13.2 Å². The first-order valence-corrected chi connectivity index (χ1v) is 8.82. The van der Waals surface area contributed by atoms with E-state index in [4.69, 9.17) is 0 Å². The van der Waals surface area contributed by atoms with Crippen molar-refractivity contribution in [3.05, 3.63) is 0 Å². The smallest absolute Gasteiger partial charge is 0.238 e. The number of rotatable bonds is 5. The summed E-state index contributed by atoms with van der Waals surface area (Å²) in [6.45, 7) is 7.90. The van der Waals surface area contributed by atoms with E-state index in [0.29, 0.717) is 17.8 Å². The number of amides is 1. The van der Waals surface area contributed by atoms with Gasteiger partial charge in [-0.15, -0.1) is 0 Å². The van der Waals surface area contributed by atoms with E-state index >= 15 is 0 Å². The molecule has 0 aromatic carbocycles. The van der Waals surface area contributed by atoms with Crippen LogP contribution in [0.2, 0.25) is 0 Å². The van der Waals surface area contributed by atoms with Crippen LogP contribution in [0.4, 0.5) is 0 Å². The Labute approximate surface area is 117 Å². The molecular weight excluding hydrogens is 262 g/mol. The summed E-state index contributed by atoms with van der Waals surface area (Å²) in [4.78, 5) is 12.2. The minimum absolute atomic E-state index is 0.0289. The first kappa shape index (κ1) is 16.5. The molecule has 0 heterocycles. The highest BCUT2D eigenvalue weighted by Crippen LogP contribution is 2.40. The first-order chi connectivity index (χ1) is 8.70. The van der Waals surface area contributed by atoms with Crippen LogP contribution in [0.15, 0.2) is 0 Å². The Hall–Kier alpha value is -0.580. The van der Waals surface area contributed by atoms with Gasteiger partial charge in [-0.1, -0.05) is 27.2 Å². The van der Waals surface area contributed by atoms with Gasteiger partial charge < -0.3 is 0 Å². The Morgan fingerprint density at radius 1 is 1.32 bits per heavy atom. The lowest BCUT2D eigenvalue weighted by Crippen LogP contribution is -2.38. The van der Waals surface area contributed by atoms with Crippen molar-refractivity contribution < 1.29 is 13.2 Å². The molecule has 112 valence electrons. The SMILES string of the molecule is CCS(=O)(=O)N(C)C(=O)C(C)C[C@H]1CC[C@@H](C)[C@H]1C. The number of hydrogen-bond donors (Lipinski definition) is 0. The first-order valence-electron chi connectivity index (χ1n) is 7.21. The van der Waals surface area contributed by atoms with Gasteiger partial charge in [-0.05, 0) is 37.5 Å². The molecule has 0 bridgehead atoms. The number of carbonyl (C=O) groups is 1. The Bertz CT molecular complexity index is 418. The van der Waals surface area contributed by atoms with Gasteiger partial charge in [0.1, 0.15) is 0 Å². The van der Waals surface area contributed by atoms with Crippen LogP contribution >= 0.6 is 0 Å². The molecule has 1 aliphatic carbocycles. The highest BCUT2D eigenvalue weighted by Gasteiger charge is 2.34. The topological polar surface area (TPSA) is 54.5 Å². The molecule has 0 aliphatic heterocycles. The summed E-state index contributed by atoms with van der Waals surface area (Å²) < 4.78 is 24.3. The fraction of sp³-hybridized carbons (Fsp3) is 0.929. The zero-order chi connectivity index (χ0) is 14.8. The second-order valence-corrected chi connectivity index (χ2v) is 8.31. The lowest BCUT2D eigenvalue weighted by atomic mass is 9.85. The second-order valence-electron chi connectivity index (χ2n) is 6.02. The zero-order valence-corrected chi connectivity index (χ0v) is 13.5. The molecule has 0 saturated heterocycles. The van der Waals surface area contributed by atoms with Crippen molar-refractivity contribution in [1.82, 2.24) is 4.31 Å². The minimum atomic E-state index is -3.42. The molecule has 1 rings (SSSR count). The summed E-state index contributed by atoms with van der Waals surface area (Å²) in [6, 6.07) is 0. The van der Waals surface area contributed by atoms with Gasteiger partial charge in [0.2, 0.25) is 15.9 Å². The Morgan fingerprint density at radius 2 is 1.89 bits per heavy atom. The third-order valence-electron chi connectivity index (χ3n) is 4.80. The van der Waals surface area contributed by atoms with Crippen molar-refractivity contribution >= 4 is 15.9 Å². The second kappa shape index (κ2) is 6.25. The molecule has 0 aromatic rings. The number of sulfonamides is 1. The molecule has 0 aromatic heterocycles. The Kier molecular flexibility index (Phi) is 5.42. The highest BCUT2D eigenvalue weighted by atomic mass is 32.2. The van der Waals surface area contributed by atoms with E-state index in [1.54, 1.807) is 6.92 Å². The molecule has 1 aliphatic rings. The summed E-state index contributed by atoms with van der Waals surface area (Å²) in [5.41, 5.74) is 0. The maximum Gasteiger partial charge on any atom is 0.238 e. The van der Waals surface area contributed by atoms with Gasteiger partial charge in [-0.2, -0.15) is 0 Å². The quantitative estimate of drug-likeness (QED) is 0.781. The molecule has 1 amide bonds. The summed E-state index contributed by atoms with van der Waals surface area (Å²) in [5, 5.41) is 0. The molecule has 4 nitrogen and oxygen atoms in total. The van der Waals surface area contributed by atoms with Crippen LogP contribution in [0.5, 0.6) is 0 Å². The van der Waals surface area contributed by atoms with Crippen LogP contribution in [0, 0.1) is 23.7 Å². The van der Waals surface area contributed by atoms with Gasteiger partial charge in [-0.25, -0.2) is 12.7 Å². The molecule has 1 fully saturated rings. The van der Waals surface area contributed by atoms with Gasteiger partial charge in [0.25, 0.3) is 0 Å². The molecule has 19 heavy (non-hydrogen) atoms. The summed E-state index contributed by atoms with van der Waals surface area (Å²) in [7, 11) is -2.04. The largest absolute Gasteiger partial charge is 0.274 e. The van der Waals surface area contributed by atoms with E-state index < -0.39 is 10.0 Å². The summed E-state index contributed by atoms with van der Waals surface area (Å²) in [5.74, 6) is 1.37. The molecular formula is C14H27NO3S. The van der Waals surface area contributed by atoms with Crippen molar-refractivity contribution in [2.45, 2.75) is 47.0 Å². The maximum atomic E-state index is 12.2. The number of nitrogens with zero attached hydrogens (tertiary/aromatic N) is 1. The summed E-state index contributed by atoms with van der Waals surface area (Å²) >= 11 is 0. The van der Waals surface area contributed by atoms with Crippen molar-refractivity contribution in [2.75, 3.05) is 12.8 Å². The van der Waals surface area contributed by atoms with Gasteiger partial charge >= 0.3 is 0 Å². The summed E-state index contributed by atoms with van der Waals surface area (Å²) in [6.07, 6.45) is 3.17. The molecule has 4 atom stereocenters. The van der Waals surface area contributed by atoms with Crippen LogP contribution in [0.25, 0.3) is 0 Å². The Morgan fingerprint density at radius 3 is 2.32 bits per heavy atom. The normalized spacial score (nSPS) is 29.2. The third kappa shape index (κ3) is 3.71. The molecule has 1 saturated carbocycles. The van der Waals surface area contributed by atoms with Crippen molar-refractivity contribution in [2.24, 2.45) is 23.7 Å². The lowest BCUT2D eigenvalue weighted by Gasteiger charge is -2.25. The average molecular weight is 289 g/mol. The van der Waals surface area contributed by atoms with E-state index in [2.05, 4.69) is 13.8 Å². The fourth-order valence-electron chi connectivity index (χ4n) is 3.00.